The number of rotatable bonds is 5. The molecule has 2 rings (SSSR count). The number of hydrogen-bond acceptors (Lipinski definition) is 1. The molecular formula is C22H23ClS. The molecule has 0 spiro atoms. The molecule has 0 aromatic heterocycles. The Morgan fingerprint density at radius 3 is 2.08 bits per heavy atom. The van der Waals surface area contributed by atoms with Crippen LogP contribution in [0.4, 0.5) is 0 Å². The number of hydrogen-bond donors (Lipinski definition) is 0. The van der Waals surface area contributed by atoms with Crippen LogP contribution in [0.25, 0.3) is 6.08 Å². The smallest absolute Gasteiger partial charge is 0.0406 e. The van der Waals surface area contributed by atoms with Crippen molar-refractivity contribution in [3.8, 4) is 0 Å². The van der Waals surface area contributed by atoms with E-state index in [1.54, 1.807) is 17.8 Å². The molecule has 0 saturated heterocycles. The van der Waals surface area contributed by atoms with Crippen molar-refractivity contribution in [2.45, 2.75) is 13.8 Å². The number of allylic oxidation sites excluding steroid dienone is 4. The predicted molar refractivity (Wildman–Crippen MR) is 112 cm³/mol. The topological polar surface area (TPSA) is 0 Å². The fraction of sp³-hybridized carbons (Fsp3) is 0.0909. The van der Waals surface area contributed by atoms with Crippen LogP contribution in [-0.2, 0) is 0 Å². The third-order valence-corrected chi connectivity index (χ3v) is 4.17. The maximum absolute atomic E-state index is 5.84. The highest BCUT2D eigenvalue weighted by atomic mass is 35.5. The van der Waals surface area contributed by atoms with Crippen LogP contribution >= 0.6 is 23.4 Å². The Balaban J connectivity index is 0.000000341. The lowest BCUT2D eigenvalue weighted by Gasteiger charge is -2.02. The summed E-state index contributed by atoms with van der Waals surface area (Å²) in [5.41, 5.74) is 2.46. The summed E-state index contributed by atoms with van der Waals surface area (Å²) < 4.78 is 0. The van der Waals surface area contributed by atoms with Crippen LogP contribution in [0.1, 0.15) is 18.1 Å². The van der Waals surface area contributed by atoms with Gasteiger partial charge in [0, 0.05) is 9.93 Å². The molecule has 2 aromatic carbocycles. The lowest BCUT2D eigenvalue weighted by molar-refractivity contribution is 1.48. The third-order valence-electron chi connectivity index (χ3n) is 2.94. The summed E-state index contributed by atoms with van der Waals surface area (Å²) in [6.07, 6.45) is 7.64. The van der Waals surface area contributed by atoms with Gasteiger partial charge < -0.3 is 0 Å². The fourth-order valence-electron chi connectivity index (χ4n) is 1.80. The average Bonchev–Trinajstić information content (AvgIpc) is 2.58. The standard InChI is InChI=1S/C15H15ClS.C7H8/c1-4-6-15(5-2)17-12(3)11-13-7-9-14(16)10-8-13;1-7-5-3-2-4-6-7/h4-11H,1-2H2,3H3;2-6H,1H3/b12-11-,15-6+;. The monoisotopic (exact) mass is 354 g/mol. The van der Waals surface area contributed by atoms with Crippen LogP contribution < -0.4 is 0 Å². The molecule has 0 bridgehead atoms. The van der Waals surface area contributed by atoms with Gasteiger partial charge in [-0.25, -0.2) is 0 Å². The molecule has 0 atom stereocenters. The summed E-state index contributed by atoms with van der Waals surface area (Å²) in [6, 6.07) is 18.0. The van der Waals surface area contributed by atoms with E-state index in [0.717, 1.165) is 15.5 Å². The van der Waals surface area contributed by atoms with E-state index in [2.05, 4.69) is 45.2 Å². The zero-order valence-corrected chi connectivity index (χ0v) is 15.8. The van der Waals surface area contributed by atoms with Crippen molar-refractivity contribution in [3.63, 3.8) is 0 Å². The van der Waals surface area contributed by atoms with Gasteiger partial charge in [0.1, 0.15) is 0 Å². The molecule has 2 aromatic rings. The van der Waals surface area contributed by atoms with E-state index in [0.29, 0.717) is 0 Å². The van der Waals surface area contributed by atoms with Gasteiger partial charge in [-0.1, -0.05) is 96.7 Å². The van der Waals surface area contributed by atoms with Crippen LogP contribution in [0.15, 0.2) is 95.8 Å². The quantitative estimate of drug-likeness (QED) is 0.496. The van der Waals surface area contributed by atoms with Gasteiger partial charge in [0.2, 0.25) is 0 Å². The molecule has 0 saturated carbocycles. The Kier molecular flexibility index (Phi) is 9.67. The minimum absolute atomic E-state index is 0.755. The van der Waals surface area contributed by atoms with Crippen LogP contribution in [0.5, 0.6) is 0 Å². The van der Waals surface area contributed by atoms with E-state index in [4.69, 9.17) is 11.6 Å². The minimum Gasteiger partial charge on any atom is -0.0990 e. The molecule has 124 valence electrons. The van der Waals surface area contributed by atoms with Crippen LogP contribution in [0, 0.1) is 6.92 Å². The molecule has 24 heavy (non-hydrogen) atoms. The van der Waals surface area contributed by atoms with Crippen molar-refractivity contribution in [1.82, 2.24) is 0 Å². The first kappa shape index (κ1) is 20.1. The summed E-state index contributed by atoms with van der Waals surface area (Å²) >= 11 is 7.51. The minimum atomic E-state index is 0.755. The number of benzene rings is 2. The number of thioether (sulfide) groups is 1. The van der Waals surface area contributed by atoms with Gasteiger partial charge >= 0.3 is 0 Å². The van der Waals surface area contributed by atoms with E-state index >= 15 is 0 Å². The molecule has 0 N–H and O–H groups in total. The Bertz CT molecular complexity index is 695. The average molecular weight is 355 g/mol. The normalized spacial score (nSPS) is 11.3. The summed E-state index contributed by atoms with van der Waals surface area (Å²) in [6.45, 7) is 11.6. The van der Waals surface area contributed by atoms with Crippen molar-refractivity contribution >= 4 is 29.4 Å². The second-order valence-corrected chi connectivity index (χ2v) is 6.83. The third kappa shape index (κ3) is 8.61. The second-order valence-electron chi connectivity index (χ2n) is 5.07. The summed E-state index contributed by atoms with van der Waals surface area (Å²) in [5, 5.41) is 0.755. The SMILES string of the molecule is C=C/C=C(\C=C)S/C(C)=C\c1ccc(Cl)cc1.Cc1ccccc1. The zero-order valence-electron chi connectivity index (χ0n) is 14.2. The zero-order chi connectivity index (χ0) is 17.8. The largest absolute Gasteiger partial charge is 0.0990 e. The van der Waals surface area contributed by atoms with Gasteiger partial charge in [0.25, 0.3) is 0 Å². The summed E-state index contributed by atoms with van der Waals surface area (Å²) in [7, 11) is 0. The van der Waals surface area contributed by atoms with E-state index in [9.17, 15) is 0 Å². The molecular weight excluding hydrogens is 332 g/mol. The molecule has 0 aliphatic carbocycles. The molecule has 0 nitrogen and oxygen atoms in total. The molecule has 0 aliphatic rings. The van der Waals surface area contributed by atoms with Gasteiger partial charge in [-0.2, -0.15) is 0 Å². The molecule has 0 amide bonds. The van der Waals surface area contributed by atoms with Gasteiger partial charge in [-0.3, -0.25) is 0 Å². The number of halogens is 1. The first-order valence-electron chi connectivity index (χ1n) is 7.63. The molecule has 0 aliphatic heterocycles. The van der Waals surface area contributed by atoms with Crippen molar-refractivity contribution in [2.75, 3.05) is 0 Å². The Labute approximate surface area is 155 Å². The summed E-state index contributed by atoms with van der Waals surface area (Å²) in [5.74, 6) is 0. The van der Waals surface area contributed by atoms with E-state index in [-0.39, 0.29) is 0 Å². The predicted octanol–water partition coefficient (Wildman–Crippen LogP) is 7.68. The molecule has 0 heterocycles. The highest BCUT2D eigenvalue weighted by Gasteiger charge is 1.96. The summed E-state index contributed by atoms with van der Waals surface area (Å²) in [4.78, 5) is 2.28. The lowest BCUT2D eigenvalue weighted by Crippen LogP contribution is -1.75. The van der Waals surface area contributed by atoms with Crippen LogP contribution in [0.2, 0.25) is 5.02 Å². The second kappa shape index (κ2) is 11.6. The van der Waals surface area contributed by atoms with Gasteiger partial charge in [-0.05, 0) is 48.6 Å². The Morgan fingerprint density at radius 2 is 1.62 bits per heavy atom. The molecule has 0 radical (unpaired) electrons. The van der Waals surface area contributed by atoms with Gasteiger partial charge in [0.15, 0.2) is 0 Å². The van der Waals surface area contributed by atoms with E-state index in [1.807, 2.05) is 54.6 Å². The Morgan fingerprint density at radius 1 is 1.00 bits per heavy atom. The van der Waals surface area contributed by atoms with Crippen molar-refractivity contribution in [2.24, 2.45) is 0 Å². The molecule has 0 fully saturated rings. The Hall–Kier alpha value is -1.96. The first-order valence-corrected chi connectivity index (χ1v) is 8.83. The fourth-order valence-corrected chi connectivity index (χ4v) is 2.74. The van der Waals surface area contributed by atoms with Gasteiger partial charge in [0.05, 0.1) is 0 Å². The van der Waals surface area contributed by atoms with E-state index < -0.39 is 0 Å². The highest BCUT2D eigenvalue weighted by Crippen LogP contribution is 2.27. The van der Waals surface area contributed by atoms with Crippen LogP contribution in [-0.4, -0.2) is 0 Å². The maximum Gasteiger partial charge on any atom is 0.0406 e. The molecule has 2 heteroatoms. The van der Waals surface area contributed by atoms with Gasteiger partial charge in [-0.15, -0.1) is 0 Å². The van der Waals surface area contributed by atoms with Crippen molar-refractivity contribution < 1.29 is 0 Å². The van der Waals surface area contributed by atoms with E-state index in [1.165, 1.54) is 10.5 Å². The lowest BCUT2D eigenvalue weighted by atomic mass is 10.2. The van der Waals surface area contributed by atoms with Crippen LogP contribution in [0.3, 0.4) is 0 Å². The highest BCUT2D eigenvalue weighted by molar-refractivity contribution is 8.07. The van der Waals surface area contributed by atoms with Crippen molar-refractivity contribution in [3.05, 3.63) is 112 Å². The first-order chi connectivity index (χ1) is 11.5. The van der Waals surface area contributed by atoms with Crippen molar-refractivity contribution in [1.29, 1.82) is 0 Å². The molecule has 0 unspecified atom stereocenters. The maximum atomic E-state index is 5.84. The number of aryl methyl sites for hydroxylation is 1.